The van der Waals surface area contributed by atoms with Crippen LogP contribution in [0.15, 0.2) is 30.5 Å². The van der Waals surface area contributed by atoms with Gasteiger partial charge < -0.3 is 10.2 Å². The van der Waals surface area contributed by atoms with Crippen molar-refractivity contribution in [2.45, 2.75) is 39.3 Å². The molecule has 0 aliphatic carbocycles. The van der Waals surface area contributed by atoms with Crippen molar-refractivity contribution in [3.8, 4) is 5.69 Å². The van der Waals surface area contributed by atoms with Crippen molar-refractivity contribution < 1.29 is 22.8 Å². The average Bonchev–Trinajstić information content (AvgIpc) is 3.08. The van der Waals surface area contributed by atoms with Crippen LogP contribution in [-0.2, 0) is 11.0 Å². The molecule has 1 saturated heterocycles. The Labute approximate surface area is 173 Å². The quantitative estimate of drug-likeness (QED) is 0.801. The van der Waals surface area contributed by atoms with Crippen molar-refractivity contribution in [1.29, 1.82) is 0 Å². The molecule has 9 heteroatoms. The number of benzene rings is 1. The van der Waals surface area contributed by atoms with Crippen molar-refractivity contribution in [3.63, 3.8) is 0 Å². The topological polar surface area (TPSA) is 67.2 Å². The largest absolute Gasteiger partial charge is 0.416 e. The molecule has 1 atom stereocenters. The summed E-state index contributed by atoms with van der Waals surface area (Å²) in [6.07, 6.45) is -0.822. The molecule has 2 aromatic rings. The average molecular weight is 422 g/mol. The second-order valence-electron chi connectivity index (χ2n) is 7.70. The first-order chi connectivity index (χ1) is 14.2. The van der Waals surface area contributed by atoms with E-state index in [1.165, 1.54) is 23.0 Å². The van der Waals surface area contributed by atoms with Gasteiger partial charge in [0.1, 0.15) is 0 Å². The third-order valence-corrected chi connectivity index (χ3v) is 5.31. The lowest BCUT2D eigenvalue weighted by Crippen LogP contribution is -2.40. The number of aromatic nitrogens is 2. The Hall–Kier alpha value is -2.84. The predicted octanol–water partition coefficient (Wildman–Crippen LogP) is 3.58. The fourth-order valence-corrected chi connectivity index (χ4v) is 3.66. The van der Waals surface area contributed by atoms with Crippen LogP contribution < -0.4 is 5.32 Å². The van der Waals surface area contributed by atoms with Gasteiger partial charge in [-0.25, -0.2) is 4.68 Å². The Morgan fingerprint density at radius 3 is 2.77 bits per heavy atom. The van der Waals surface area contributed by atoms with Crippen LogP contribution in [0.25, 0.3) is 5.69 Å². The Morgan fingerprint density at radius 2 is 2.07 bits per heavy atom. The van der Waals surface area contributed by atoms with E-state index in [1.54, 1.807) is 6.92 Å². The third kappa shape index (κ3) is 5.01. The first kappa shape index (κ1) is 21.9. The highest BCUT2D eigenvalue weighted by molar-refractivity contribution is 5.95. The second-order valence-corrected chi connectivity index (χ2v) is 7.70. The Balaban J connectivity index is 1.61. The van der Waals surface area contributed by atoms with E-state index < -0.39 is 17.6 Å². The van der Waals surface area contributed by atoms with E-state index in [9.17, 15) is 22.8 Å². The highest BCUT2D eigenvalue weighted by Gasteiger charge is 2.30. The van der Waals surface area contributed by atoms with Gasteiger partial charge in [0.25, 0.3) is 5.91 Å². The molecule has 0 saturated carbocycles. The summed E-state index contributed by atoms with van der Waals surface area (Å²) >= 11 is 0. The summed E-state index contributed by atoms with van der Waals surface area (Å²) in [6, 6.07) is 4.76. The van der Waals surface area contributed by atoms with Gasteiger partial charge in [-0.1, -0.05) is 13.0 Å². The molecular formula is C21H25F3N4O2. The van der Waals surface area contributed by atoms with Gasteiger partial charge in [-0.05, 0) is 43.9 Å². The second kappa shape index (κ2) is 8.89. The number of likely N-dealkylation sites (tertiary alicyclic amines) is 1. The number of hydrogen-bond donors (Lipinski definition) is 1. The minimum absolute atomic E-state index is 0.0123. The molecule has 1 aliphatic rings. The van der Waals surface area contributed by atoms with Gasteiger partial charge in [-0.2, -0.15) is 18.3 Å². The number of piperidine rings is 1. The first-order valence-electron chi connectivity index (χ1n) is 9.95. The van der Waals surface area contributed by atoms with Gasteiger partial charge >= 0.3 is 6.18 Å². The monoisotopic (exact) mass is 422 g/mol. The van der Waals surface area contributed by atoms with E-state index in [0.29, 0.717) is 11.6 Å². The van der Waals surface area contributed by atoms with E-state index in [2.05, 4.69) is 17.3 Å². The van der Waals surface area contributed by atoms with Crippen LogP contribution in [0.3, 0.4) is 0 Å². The van der Waals surface area contributed by atoms with Gasteiger partial charge in [0.15, 0.2) is 0 Å². The zero-order valence-electron chi connectivity index (χ0n) is 17.0. The molecular weight excluding hydrogens is 397 g/mol. The minimum atomic E-state index is -4.46. The summed E-state index contributed by atoms with van der Waals surface area (Å²) in [5.74, 6) is 0.0883. The lowest BCUT2D eigenvalue weighted by atomic mass is 10.00. The summed E-state index contributed by atoms with van der Waals surface area (Å²) in [5, 5.41) is 6.77. The fraction of sp³-hybridized carbons (Fsp3) is 0.476. The van der Waals surface area contributed by atoms with E-state index in [0.717, 1.165) is 38.1 Å². The number of carbonyl (C=O) groups excluding carboxylic acids is 2. The molecule has 1 N–H and O–H groups in total. The van der Waals surface area contributed by atoms with Crippen molar-refractivity contribution in [3.05, 3.63) is 47.3 Å². The van der Waals surface area contributed by atoms with Crippen molar-refractivity contribution in [2.24, 2.45) is 5.92 Å². The van der Waals surface area contributed by atoms with Crippen LogP contribution in [0.5, 0.6) is 0 Å². The number of carbonyl (C=O) groups is 2. The molecule has 0 bridgehead atoms. The van der Waals surface area contributed by atoms with E-state index in [1.807, 2.05) is 4.90 Å². The lowest BCUT2D eigenvalue weighted by molar-refractivity contribution is -0.137. The van der Waals surface area contributed by atoms with Gasteiger partial charge in [0.2, 0.25) is 5.91 Å². The smallest absolute Gasteiger partial charge is 0.351 e. The summed E-state index contributed by atoms with van der Waals surface area (Å²) < 4.78 is 40.2. The van der Waals surface area contributed by atoms with E-state index in [-0.39, 0.29) is 30.1 Å². The molecule has 6 nitrogen and oxygen atoms in total. The maximum absolute atomic E-state index is 13.0. The maximum atomic E-state index is 13.0. The normalized spacial score (nSPS) is 17.1. The Bertz CT molecular complexity index is 923. The Morgan fingerprint density at radius 1 is 1.30 bits per heavy atom. The molecule has 0 radical (unpaired) electrons. The van der Waals surface area contributed by atoms with Gasteiger partial charge in [-0.15, -0.1) is 0 Å². The van der Waals surface area contributed by atoms with Crippen molar-refractivity contribution in [2.75, 3.05) is 19.6 Å². The molecule has 1 fully saturated rings. The zero-order chi connectivity index (χ0) is 21.9. The molecule has 1 aromatic heterocycles. The summed E-state index contributed by atoms with van der Waals surface area (Å²) in [4.78, 5) is 26.6. The number of amides is 2. The molecule has 2 amide bonds. The SMILES string of the molecule is Cc1c(C(=O)NCCC(=O)N2CCCC(C)C2)cnn1-c1cccc(C(F)(F)F)c1. The standard InChI is InChI=1S/C21H25F3N4O2/c1-14-5-4-10-27(13-14)19(29)8-9-25-20(30)18-12-26-28(15(18)2)17-7-3-6-16(11-17)21(22,23)24/h3,6-7,11-12,14H,4-5,8-10,13H2,1-2H3,(H,25,30). The molecule has 1 aromatic carbocycles. The number of nitrogens with zero attached hydrogens (tertiary/aromatic N) is 3. The van der Waals surface area contributed by atoms with Crippen molar-refractivity contribution in [1.82, 2.24) is 20.0 Å². The van der Waals surface area contributed by atoms with Crippen LogP contribution in [0.4, 0.5) is 13.2 Å². The van der Waals surface area contributed by atoms with Crippen LogP contribution in [0, 0.1) is 12.8 Å². The highest BCUT2D eigenvalue weighted by Crippen LogP contribution is 2.30. The zero-order valence-corrected chi connectivity index (χ0v) is 17.0. The molecule has 162 valence electrons. The third-order valence-electron chi connectivity index (χ3n) is 5.31. The highest BCUT2D eigenvalue weighted by atomic mass is 19.4. The van der Waals surface area contributed by atoms with Crippen LogP contribution in [0.2, 0.25) is 0 Å². The Kier molecular flexibility index (Phi) is 6.48. The van der Waals surface area contributed by atoms with Gasteiger partial charge in [0.05, 0.1) is 28.7 Å². The molecule has 1 aliphatic heterocycles. The summed E-state index contributed by atoms with van der Waals surface area (Å²) in [6.45, 7) is 5.42. The van der Waals surface area contributed by atoms with Crippen LogP contribution >= 0.6 is 0 Å². The number of alkyl halides is 3. The molecule has 0 spiro atoms. The molecule has 2 heterocycles. The van der Waals surface area contributed by atoms with Gasteiger partial charge in [0, 0.05) is 26.1 Å². The van der Waals surface area contributed by atoms with Crippen LogP contribution in [-0.4, -0.2) is 46.1 Å². The van der Waals surface area contributed by atoms with Crippen LogP contribution in [0.1, 0.15) is 47.8 Å². The number of nitrogens with one attached hydrogen (secondary N) is 1. The molecule has 30 heavy (non-hydrogen) atoms. The van der Waals surface area contributed by atoms with E-state index >= 15 is 0 Å². The minimum Gasteiger partial charge on any atom is -0.351 e. The van der Waals surface area contributed by atoms with Crippen molar-refractivity contribution >= 4 is 11.8 Å². The maximum Gasteiger partial charge on any atom is 0.416 e. The molecule has 1 unspecified atom stereocenters. The summed E-state index contributed by atoms with van der Waals surface area (Å²) in [7, 11) is 0. The summed E-state index contributed by atoms with van der Waals surface area (Å²) in [5.41, 5.74) is 0.108. The first-order valence-corrected chi connectivity index (χ1v) is 9.95. The lowest BCUT2D eigenvalue weighted by Gasteiger charge is -2.31. The number of halogens is 3. The molecule has 3 rings (SSSR count). The number of hydrogen-bond acceptors (Lipinski definition) is 3. The number of rotatable bonds is 5. The predicted molar refractivity (Wildman–Crippen MR) is 105 cm³/mol. The van der Waals surface area contributed by atoms with E-state index in [4.69, 9.17) is 0 Å². The van der Waals surface area contributed by atoms with Gasteiger partial charge in [-0.3, -0.25) is 9.59 Å². The fourth-order valence-electron chi connectivity index (χ4n) is 3.66.